The quantitative estimate of drug-likeness (QED) is 0.571. The van der Waals surface area contributed by atoms with E-state index in [-0.39, 0.29) is 5.97 Å². The second-order valence-electron chi connectivity index (χ2n) is 6.06. The average molecular weight is 321 g/mol. The number of ether oxygens (including phenoxy) is 3. The van der Waals surface area contributed by atoms with Crippen molar-refractivity contribution in [1.29, 1.82) is 0 Å². The van der Waals surface area contributed by atoms with Gasteiger partial charge in [0.05, 0.1) is 25.9 Å². The van der Waals surface area contributed by atoms with E-state index in [2.05, 4.69) is 18.7 Å². The Hall–Kier alpha value is -1.59. The van der Waals surface area contributed by atoms with Crippen molar-refractivity contribution in [2.75, 3.05) is 33.4 Å². The van der Waals surface area contributed by atoms with Crippen molar-refractivity contribution in [2.45, 2.75) is 38.9 Å². The van der Waals surface area contributed by atoms with Crippen LogP contribution < -0.4 is 4.74 Å². The highest BCUT2D eigenvalue weighted by Gasteiger charge is 2.21. The zero-order chi connectivity index (χ0) is 16.7. The predicted molar refractivity (Wildman–Crippen MR) is 89.0 cm³/mol. The second kappa shape index (κ2) is 8.89. The van der Waals surface area contributed by atoms with Crippen LogP contribution in [0.1, 0.15) is 37.0 Å². The molecule has 1 aliphatic rings. The maximum absolute atomic E-state index is 11.7. The molecule has 1 fully saturated rings. The summed E-state index contributed by atoms with van der Waals surface area (Å²) < 4.78 is 16.3. The van der Waals surface area contributed by atoms with Gasteiger partial charge in [-0.3, -0.25) is 4.90 Å². The summed E-state index contributed by atoms with van der Waals surface area (Å²) >= 11 is 0. The molecule has 0 amide bonds. The van der Waals surface area contributed by atoms with Gasteiger partial charge in [-0.25, -0.2) is 4.79 Å². The molecular formula is C18H27NO4. The summed E-state index contributed by atoms with van der Waals surface area (Å²) in [6.07, 6.45) is 2.64. The first-order chi connectivity index (χ1) is 11.1. The summed E-state index contributed by atoms with van der Waals surface area (Å²) in [5.74, 6) is 0.227. The van der Waals surface area contributed by atoms with Gasteiger partial charge in [-0.05, 0) is 45.4 Å². The van der Waals surface area contributed by atoms with E-state index in [0.717, 1.165) is 32.5 Å². The molecule has 1 aliphatic heterocycles. The molecule has 0 radical (unpaired) electrons. The van der Waals surface area contributed by atoms with E-state index >= 15 is 0 Å². The van der Waals surface area contributed by atoms with Crippen molar-refractivity contribution in [3.8, 4) is 5.75 Å². The normalized spacial score (nSPS) is 21.9. The van der Waals surface area contributed by atoms with E-state index in [4.69, 9.17) is 14.2 Å². The van der Waals surface area contributed by atoms with Crippen LogP contribution in [0.4, 0.5) is 0 Å². The number of para-hydroxylation sites is 1. The third-order valence-electron chi connectivity index (χ3n) is 3.91. The highest BCUT2D eigenvalue weighted by molar-refractivity contribution is 5.92. The van der Waals surface area contributed by atoms with Gasteiger partial charge in [0.15, 0.2) is 0 Å². The Morgan fingerprint density at radius 3 is 2.61 bits per heavy atom. The molecule has 5 nitrogen and oxygen atoms in total. The van der Waals surface area contributed by atoms with Crippen LogP contribution in [0.25, 0.3) is 0 Å². The average Bonchev–Trinajstić information content (AvgIpc) is 2.53. The molecule has 1 heterocycles. The first-order valence-electron chi connectivity index (χ1n) is 8.28. The van der Waals surface area contributed by atoms with Gasteiger partial charge < -0.3 is 14.2 Å². The first-order valence-corrected chi connectivity index (χ1v) is 8.28. The highest BCUT2D eigenvalue weighted by atomic mass is 16.5. The first kappa shape index (κ1) is 17.8. The molecule has 0 unspecified atom stereocenters. The Bertz CT molecular complexity index is 496. The van der Waals surface area contributed by atoms with Gasteiger partial charge in [-0.2, -0.15) is 0 Å². The van der Waals surface area contributed by atoms with E-state index in [0.29, 0.717) is 30.1 Å². The number of carbonyl (C=O) groups excluding carboxylic acids is 1. The molecule has 5 heteroatoms. The van der Waals surface area contributed by atoms with Gasteiger partial charge in [0.1, 0.15) is 11.3 Å². The number of morpholine rings is 1. The minimum atomic E-state index is -0.364. The fourth-order valence-electron chi connectivity index (χ4n) is 2.96. The SMILES string of the molecule is COC(=O)c1ccccc1OCCCCN1C[C@@H](C)O[C@@H](C)C1. The summed E-state index contributed by atoms with van der Waals surface area (Å²) in [5.41, 5.74) is 0.478. The molecule has 0 spiro atoms. The van der Waals surface area contributed by atoms with Gasteiger partial charge in [0.2, 0.25) is 0 Å². The van der Waals surface area contributed by atoms with E-state index in [1.165, 1.54) is 7.11 Å². The summed E-state index contributed by atoms with van der Waals surface area (Å²) in [7, 11) is 1.38. The number of hydrogen-bond donors (Lipinski definition) is 0. The van der Waals surface area contributed by atoms with Gasteiger partial charge in [-0.1, -0.05) is 12.1 Å². The Labute approximate surface area is 138 Å². The monoisotopic (exact) mass is 321 g/mol. The Balaban J connectivity index is 1.71. The van der Waals surface area contributed by atoms with E-state index in [9.17, 15) is 4.79 Å². The number of carbonyl (C=O) groups is 1. The number of methoxy groups -OCH3 is 1. The lowest BCUT2D eigenvalue weighted by Gasteiger charge is -2.35. The Kier molecular flexibility index (Phi) is 6.86. The molecule has 1 aromatic rings. The molecule has 0 N–H and O–H groups in total. The standard InChI is InChI=1S/C18H27NO4/c1-14-12-19(13-15(2)23-14)10-6-7-11-22-17-9-5-4-8-16(17)18(20)21-3/h4-5,8-9,14-15H,6-7,10-13H2,1-3H3/t14-,15+. The maximum Gasteiger partial charge on any atom is 0.341 e. The van der Waals surface area contributed by atoms with Crippen LogP contribution in [0, 0.1) is 0 Å². The Morgan fingerprint density at radius 2 is 1.91 bits per heavy atom. The van der Waals surface area contributed by atoms with Crippen molar-refractivity contribution >= 4 is 5.97 Å². The van der Waals surface area contributed by atoms with E-state index in [1.807, 2.05) is 6.07 Å². The summed E-state index contributed by atoms with van der Waals surface area (Å²) in [5, 5.41) is 0. The van der Waals surface area contributed by atoms with Crippen molar-refractivity contribution in [1.82, 2.24) is 4.90 Å². The van der Waals surface area contributed by atoms with Gasteiger partial charge in [0.25, 0.3) is 0 Å². The van der Waals surface area contributed by atoms with Crippen LogP contribution in [0.3, 0.4) is 0 Å². The number of nitrogens with zero attached hydrogens (tertiary/aromatic N) is 1. The smallest absolute Gasteiger partial charge is 0.341 e. The van der Waals surface area contributed by atoms with Crippen molar-refractivity contribution in [3.63, 3.8) is 0 Å². The van der Waals surface area contributed by atoms with Crippen LogP contribution in [0.2, 0.25) is 0 Å². The van der Waals surface area contributed by atoms with Crippen LogP contribution in [-0.4, -0.2) is 56.4 Å². The van der Waals surface area contributed by atoms with Gasteiger partial charge in [0, 0.05) is 13.1 Å². The Morgan fingerprint density at radius 1 is 1.22 bits per heavy atom. The second-order valence-corrected chi connectivity index (χ2v) is 6.06. The zero-order valence-electron chi connectivity index (χ0n) is 14.3. The van der Waals surface area contributed by atoms with E-state index in [1.54, 1.807) is 18.2 Å². The lowest BCUT2D eigenvalue weighted by molar-refractivity contribution is -0.0682. The summed E-state index contributed by atoms with van der Waals surface area (Å²) in [6.45, 7) is 7.89. The number of rotatable bonds is 7. The lowest BCUT2D eigenvalue weighted by atomic mass is 10.2. The van der Waals surface area contributed by atoms with Crippen LogP contribution in [0.15, 0.2) is 24.3 Å². The van der Waals surface area contributed by atoms with Crippen molar-refractivity contribution in [2.24, 2.45) is 0 Å². The largest absolute Gasteiger partial charge is 0.493 e. The van der Waals surface area contributed by atoms with Gasteiger partial charge >= 0.3 is 5.97 Å². The van der Waals surface area contributed by atoms with Crippen LogP contribution in [0.5, 0.6) is 5.75 Å². The van der Waals surface area contributed by atoms with Gasteiger partial charge in [-0.15, -0.1) is 0 Å². The molecule has 0 bridgehead atoms. The maximum atomic E-state index is 11.7. The molecule has 128 valence electrons. The molecule has 0 saturated carbocycles. The number of hydrogen-bond acceptors (Lipinski definition) is 5. The van der Waals surface area contributed by atoms with Crippen molar-refractivity contribution < 1.29 is 19.0 Å². The fourth-order valence-corrected chi connectivity index (χ4v) is 2.96. The minimum Gasteiger partial charge on any atom is -0.493 e. The third kappa shape index (κ3) is 5.52. The molecular weight excluding hydrogens is 294 g/mol. The zero-order valence-corrected chi connectivity index (χ0v) is 14.3. The minimum absolute atomic E-state index is 0.307. The molecule has 23 heavy (non-hydrogen) atoms. The predicted octanol–water partition coefficient (Wildman–Crippen LogP) is 2.74. The number of esters is 1. The third-order valence-corrected chi connectivity index (χ3v) is 3.91. The molecule has 0 aliphatic carbocycles. The fraction of sp³-hybridized carbons (Fsp3) is 0.611. The highest BCUT2D eigenvalue weighted by Crippen LogP contribution is 2.19. The molecule has 2 rings (SSSR count). The number of unbranched alkanes of at least 4 members (excludes halogenated alkanes) is 1. The molecule has 1 aromatic carbocycles. The summed E-state index contributed by atoms with van der Waals surface area (Å²) in [4.78, 5) is 14.1. The number of benzene rings is 1. The van der Waals surface area contributed by atoms with Crippen molar-refractivity contribution in [3.05, 3.63) is 29.8 Å². The van der Waals surface area contributed by atoms with Crippen LogP contribution >= 0.6 is 0 Å². The van der Waals surface area contributed by atoms with Crippen LogP contribution in [-0.2, 0) is 9.47 Å². The molecule has 2 atom stereocenters. The summed E-state index contributed by atoms with van der Waals surface area (Å²) in [6, 6.07) is 7.19. The lowest BCUT2D eigenvalue weighted by Crippen LogP contribution is -2.45. The molecule has 0 aromatic heterocycles. The molecule has 1 saturated heterocycles. The topological polar surface area (TPSA) is 48.0 Å². The van der Waals surface area contributed by atoms with E-state index < -0.39 is 0 Å².